The average Bonchev–Trinajstić information content (AvgIpc) is 3.61. The fourth-order valence-corrected chi connectivity index (χ4v) is 5.03. The molecule has 36 heavy (non-hydrogen) atoms. The maximum absolute atomic E-state index is 13.6. The average molecular weight is 490 g/mol. The normalized spacial score (nSPS) is 18.3. The standard InChI is InChI=1S/C25H27N7O4/c1-5-17-8-16(6-7-35-17)32-23-22-19(9-18(34-4)20(28-22)14-10-26-30(2)12-14)36-24(23)21(29-25(32)33)15-11-27-31(3)13-15/h9-13,16-17H,5-8H2,1-4H3/t16?,17-/m0/s1. The summed E-state index contributed by atoms with van der Waals surface area (Å²) in [5.74, 6) is 0.552. The third-order valence-electron chi connectivity index (χ3n) is 6.81. The van der Waals surface area contributed by atoms with Gasteiger partial charge in [0.05, 0.1) is 25.6 Å². The molecule has 6 rings (SSSR count). The number of aromatic nitrogens is 7. The lowest BCUT2D eigenvalue weighted by Gasteiger charge is -2.30. The van der Waals surface area contributed by atoms with Crippen molar-refractivity contribution in [2.24, 2.45) is 14.1 Å². The molecule has 1 fully saturated rings. The molecule has 0 spiro atoms. The van der Waals surface area contributed by atoms with Gasteiger partial charge >= 0.3 is 5.69 Å². The lowest BCUT2D eigenvalue weighted by Crippen LogP contribution is -2.34. The lowest BCUT2D eigenvalue weighted by atomic mass is 10.0. The predicted octanol–water partition coefficient (Wildman–Crippen LogP) is 3.48. The maximum atomic E-state index is 13.6. The number of rotatable bonds is 5. The van der Waals surface area contributed by atoms with E-state index < -0.39 is 0 Å². The Labute approximate surface area is 206 Å². The minimum absolute atomic E-state index is 0.0827. The van der Waals surface area contributed by atoms with E-state index in [0.29, 0.717) is 57.9 Å². The van der Waals surface area contributed by atoms with Crippen molar-refractivity contribution in [2.45, 2.75) is 38.3 Å². The Kier molecular flexibility index (Phi) is 5.36. The zero-order chi connectivity index (χ0) is 25.0. The zero-order valence-corrected chi connectivity index (χ0v) is 20.6. The van der Waals surface area contributed by atoms with Crippen molar-refractivity contribution in [1.29, 1.82) is 0 Å². The molecular formula is C25H27N7O4. The van der Waals surface area contributed by atoms with Crippen molar-refractivity contribution in [3.63, 3.8) is 0 Å². The monoisotopic (exact) mass is 489 g/mol. The van der Waals surface area contributed by atoms with Gasteiger partial charge in [0, 0.05) is 56.3 Å². The number of pyridine rings is 1. The molecular weight excluding hydrogens is 462 g/mol. The molecule has 0 amide bonds. The van der Waals surface area contributed by atoms with Gasteiger partial charge in [-0.3, -0.25) is 13.9 Å². The number of methoxy groups -OCH3 is 1. The Morgan fingerprint density at radius 1 is 1.08 bits per heavy atom. The van der Waals surface area contributed by atoms with Gasteiger partial charge in [-0.1, -0.05) is 6.92 Å². The summed E-state index contributed by atoms with van der Waals surface area (Å²) in [6, 6.07) is 1.73. The maximum Gasteiger partial charge on any atom is 0.349 e. The molecule has 1 aliphatic rings. The Morgan fingerprint density at radius 3 is 2.44 bits per heavy atom. The molecule has 0 saturated carbocycles. The van der Waals surface area contributed by atoms with Gasteiger partial charge in [0.2, 0.25) is 0 Å². The van der Waals surface area contributed by atoms with Crippen LogP contribution in [-0.4, -0.2) is 53.9 Å². The van der Waals surface area contributed by atoms with E-state index in [1.54, 1.807) is 33.4 Å². The summed E-state index contributed by atoms with van der Waals surface area (Å²) >= 11 is 0. The van der Waals surface area contributed by atoms with Crippen LogP contribution in [0.1, 0.15) is 32.2 Å². The van der Waals surface area contributed by atoms with Crippen molar-refractivity contribution in [3.8, 4) is 28.3 Å². The highest BCUT2D eigenvalue weighted by atomic mass is 16.5. The topological polar surface area (TPSA) is 115 Å². The molecule has 0 radical (unpaired) electrons. The summed E-state index contributed by atoms with van der Waals surface area (Å²) in [7, 11) is 5.26. The first-order valence-corrected chi connectivity index (χ1v) is 12.0. The van der Waals surface area contributed by atoms with Crippen molar-refractivity contribution in [3.05, 3.63) is 41.3 Å². The molecule has 1 saturated heterocycles. The fourth-order valence-electron chi connectivity index (χ4n) is 5.03. The smallest absolute Gasteiger partial charge is 0.349 e. The van der Waals surface area contributed by atoms with Crippen LogP contribution in [0.5, 0.6) is 5.75 Å². The molecule has 1 aliphatic heterocycles. The third-order valence-corrected chi connectivity index (χ3v) is 6.81. The van der Waals surface area contributed by atoms with E-state index in [2.05, 4.69) is 22.1 Å². The number of hydrogen-bond donors (Lipinski definition) is 0. The van der Waals surface area contributed by atoms with Crippen molar-refractivity contribution >= 4 is 22.2 Å². The summed E-state index contributed by atoms with van der Waals surface area (Å²) in [4.78, 5) is 23.1. The molecule has 1 unspecified atom stereocenters. The third kappa shape index (κ3) is 3.58. The molecule has 0 N–H and O–H groups in total. The van der Waals surface area contributed by atoms with Crippen LogP contribution in [0.25, 0.3) is 44.7 Å². The first kappa shape index (κ1) is 22.5. The van der Waals surface area contributed by atoms with Gasteiger partial charge in [0.1, 0.15) is 28.2 Å². The number of ether oxygens (including phenoxy) is 2. The van der Waals surface area contributed by atoms with Crippen LogP contribution >= 0.6 is 0 Å². The fraction of sp³-hybridized carbons (Fsp3) is 0.400. The molecule has 0 bridgehead atoms. The summed E-state index contributed by atoms with van der Waals surface area (Å²) in [5, 5.41) is 8.55. The van der Waals surface area contributed by atoms with Crippen LogP contribution in [0.2, 0.25) is 0 Å². The van der Waals surface area contributed by atoms with E-state index in [1.165, 1.54) is 0 Å². The quantitative estimate of drug-likeness (QED) is 0.369. The number of nitrogens with zero attached hydrogens (tertiary/aromatic N) is 7. The SMILES string of the molecule is CC[C@H]1CC(n2c(=O)nc(-c3cnn(C)c3)c3oc4cc(OC)c(-c5cnn(C)c5)nc4c32)CCO1. The van der Waals surface area contributed by atoms with Crippen molar-refractivity contribution in [2.75, 3.05) is 13.7 Å². The number of aryl methyl sites for hydroxylation is 2. The molecule has 6 heterocycles. The first-order valence-electron chi connectivity index (χ1n) is 12.0. The Bertz CT molecular complexity index is 1640. The predicted molar refractivity (Wildman–Crippen MR) is 133 cm³/mol. The van der Waals surface area contributed by atoms with Crippen LogP contribution in [0, 0.1) is 0 Å². The second-order valence-electron chi connectivity index (χ2n) is 9.16. The molecule has 186 valence electrons. The van der Waals surface area contributed by atoms with Gasteiger partial charge in [0.15, 0.2) is 11.2 Å². The summed E-state index contributed by atoms with van der Waals surface area (Å²) in [6.07, 6.45) is 9.49. The molecule has 0 aromatic carbocycles. The van der Waals surface area contributed by atoms with E-state index in [1.807, 2.05) is 32.6 Å². The van der Waals surface area contributed by atoms with Gasteiger partial charge in [-0.25, -0.2) is 9.78 Å². The van der Waals surface area contributed by atoms with Crippen LogP contribution in [-0.2, 0) is 18.8 Å². The van der Waals surface area contributed by atoms with Gasteiger partial charge in [0.25, 0.3) is 0 Å². The summed E-state index contributed by atoms with van der Waals surface area (Å²) in [6.45, 7) is 2.68. The molecule has 11 heteroatoms. The van der Waals surface area contributed by atoms with E-state index in [4.69, 9.17) is 18.9 Å². The van der Waals surface area contributed by atoms with Crippen LogP contribution in [0.15, 0.2) is 40.1 Å². The Balaban J connectivity index is 1.68. The van der Waals surface area contributed by atoms with E-state index in [9.17, 15) is 4.79 Å². The summed E-state index contributed by atoms with van der Waals surface area (Å²) in [5.41, 5.74) is 4.44. The molecule has 5 aromatic heterocycles. The Hall–Kier alpha value is -3.99. The van der Waals surface area contributed by atoms with E-state index >= 15 is 0 Å². The van der Waals surface area contributed by atoms with Gasteiger partial charge in [-0.05, 0) is 19.3 Å². The van der Waals surface area contributed by atoms with Crippen LogP contribution in [0.4, 0.5) is 0 Å². The van der Waals surface area contributed by atoms with Crippen LogP contribution < -0.4 is 10.4 Å². The van der Waals surface area contributed by atoms with Crippen molar-refractivity contribution < 1.29 is 13.9 Å². The van der Waals surface area contributed by atoms with Gasteiger partial charge in [-0.15, -0.1) is 0 Å². The second-order valence-corrected chi connectivity index (χ2v) is 9.16. The highest BCUT2D eigenvalue weighted by molar-refractivity contribution is 6.05. The zero-order valence-electron chi connectivity index (χ0n) is 20.6. The number of furan rings is 1. The van der Waals surface area contributed by atoms with E-state index in [0.717, 1.165) is 18.4 Å². The summed E-state index contributed by atoms with van der Waals surface area (Å²) < 4.78 is 23.0. The number of hydrogen-bond acceptors (Lipinski definition) is 8. The van der Waals surface area contributed by atoms with Gasteiger partial charge < -0.3 is 13.9 Å². The van der Waals surface area contributed by atoms with Crippen LogP contribution in [0.3, 0.4) is 0 Å². The molecule has 11 nitrogen and oxygen atoms in total. The lowest BCUT2D eigenvalue weighted by molar-refractivity contribution is -0.00710. The largest absolute Gasteiger partial charge is 0.494 e. The first-order chi connectivity index (χ1) is 17.5. The molecule has 2 atom stereocenters. The van der Waals surface area contributed by atoms with E-state index in [-0.39, 0.29) is 17.8 Å². The van der Waals surface area contributed by atoms with Gasteiger partial charge in [-0.2, -0.15) is 15.2 Å². The van der Waals surface area contributed by atoms with Crippen molar-refractivity contribution in [1.82, 2.24) is 34.1 Å². The molecule has 5 aromatic rings. The number of fused-ring (bicyclic) bond motifs is 3. The highest BCUT2D eigenvalue weighted by Crippen LogP contribution is 2.39. The minimum Gasteiger partial charge on any atom is -0.494 e. The second kappa shape index (κ2) is 8.59. The highest BCUT2D eigenvalue weighted by Gasteiger charge is 2.30. The Morgan fingerprint density at radius 2 is 1.81 bits per heavy atom. The minimum atomic E-state index is -0.341. The molecule has 0 aliphatic carbocycles.